The fraction of sp³-hybridized carbons (Fsp3) is 0.312. The Balaban J connectivity index is 1.57. The zero-order valence-corrected chi connectivity index (χ0v) is 12.6. The Hall–Kier alpha value is -2.51. The standard InChI is InChI=1S/C16H18N6O/c23-13-6-14(22(9-13)8-12-7-17-10-18-12)16-19-15(20-21-16)11-4-2-1-3-5-11/h1-5,7,10,13-14,23H,6,8-9H2,(H,17,18)(H,19,20,21)/t13-,14+/m1/s1. The number of hydrogen-bond donors (Lipinski definition) is 3. The first kappa shape index (κ1) is 14.1. The number of hydrogen-bond acceptors (Lipinski definition) is 5. The van der Waals surface area contributed by atoms with E-state index in [0.29, 0.717) is 25.3 Å². The van der Waals surface area contributed by atoms with Gasteiger partial charge in [0, 0.05) is 30.5 Å². The molecule has 2 aromatic heterocycles. The van der Waals surface area contributed by atoms with Gasteiger partial charge in [-0.05, 0) is 6.42 Å². The van der Waals surface area contributed by atoms with Crippen molar-refractivity contribution in [2.75, 3.05) is 6.54 Å². The number of nitrogens with zero attached hydrogens (tertiary/aromatic N) is 4. The van der Waals surface area contributed by atoms with Gasteiger partial charge in [-0.15, -0.1) is 0 Å². The average molecular weight is 310 g/mol. The third-order valence-electron chi connectivity index (χ3n) is 4.16. The molecule has 1 aliphatic heterocycles. The Morgan fingerprint density at radius 3 is 2.91 bits per heavy atom. The van der Waals surface area contributed by atoms with Gasteiger partial charge in [-0.2, -0.15) is 5.10 Å². The molecule has 3 N–H and O–H groups in total. The fourth-order valence-corrected chi connectivity index (χ4v) is 3.07. The molecule has 0 saturated carbocycles. The average Bonchev–Trinajstić information content (AvgIpc) is 3.30. The third kappa shape index (κ3) is 2.88. The molecule has 7 nitrogen and oxygen atoms in total. The quantitative estimate of drug-likeness (QED) is 0.679. The monoisotopic (exact) mass is 310 g/mol. The lowest BCUT2D eigenvalue weighted by molar-refractivity contribution is 0.171. The Morgan fingerprint density at radius 1 is 1.26 bits per heavy atom. The summed E-state index contributed by atoms with van der Waals surface area (Å²) in [4.78, 5) is 14.0. The Morgan fingerprint density at radius 2 is 2.13 bits per heavy atom. The summed E-state index contributed by atoms with van der Waals surface area (Å²) in [5.74, 6) is 1.48. The number of imidazole rings is 1. The first-order chi connectivity index (χ1) is 11.3. The van der Waals surface area contributed by atoms with Crippen molar-refractivity contribution in [2.45, 2.75) is 25.1 Å². The van der Waals surface area contributed by atoms with Crippen molar-refractivity contribution in [2.24, 2.45) is 0 Å². The molecule has 0 radical (unpaired) electrons. The maximum Gasteiger partial charge on any atom is 0.181 e. The van der Waals surface area contributed by atoms with Crippen LogP contribution in [0.15, 0.2) is 42.9 Å². The predicted octanol–water partition coefficient (Wildman–Crippen LogP) is 1.50. The molecule has 1 aromatic carbocycles. The molecule has 1 fully saturated rings. The van der Waals surface area contributed by atoms with Gasteiger partial charge >= 0.3 is 0 Å². The molecule has 3 heterocycles. The Labute approximate surface area is 133 Å². The van der Waals surface area contributed by atoms with Crippen LogP contribution >= 0.6 is 0 Å². The number of H-pyrrole nitrogens is 2. The molecule has 0 bridgehead atoms. The van der Waals surface area contributed by atoms with Gasteiger partial charge in [-0.1, -0.05) is 30.3 Å². The number of aromatic nitrogens is 5. The molecule has 118 valence electrons. The van der Waals surface area contributed by atoms with E-state index in [4.69, 9.17) is 0 Å². The number of aromatic amines is 2. The van der Waals surface area contributed by atoms with Gasteiger partial charge in [0.05, 0.1) is 18.5 Å². The lowest BCUT2D eigenvalue weighted by atomic mass is 10.2. The summed E-state index contributed by atoms with van der Waals surface area (Å²) in [6.45, 7) is 1.31. The number of β-amino-alcohol motifs (C(OH)–C–C–N with tert-alkyl or cyclic N) is 1. The van der Waals surface area contributed by atoms with Gasteiger partial charge in [0.15, 0.2) is 5.82 Å². The zero-order chi connectivity index (χ0) is 15.6. The van der Waals surface area contributed by atoms with Gasteiger partial charge in [0.2, 0.25) is 0 Å². The smallest absolute Gasteiger partial charge is 0.181 e. The van der Waals surface area contributed by atoms with Crippen LogP contribution in [0.1, 0.15) is 24.0 Å². The molecule has 0 aliphatic carbocycles. The lowest BCUT2D eigenvalue weighted by Gasteiger charge is -2.21. The molecule has 3 aromatic rings. The molecule has 4 rings (SSSR count). The maximum absolute atomic E-state index is 10.1. The number of rotatable bonds is 4. The molecule has 2 atom stereocenters. The van der Waals surface area contributed by atoms with Crippen LogP contribution < -0.4 is 0 Å². The highest BCUT2D eigenvalue weighted by atomic mass is 16.3. The molecule has 23 heavy (non-hydrogen) atoms. The van der Waals surface area contributed by atoms with E-state index in [9.17, 15) is 5.11 Å². The van der Waals surface area contributed by atoms with E-state index in [1.165, 1.54) is 0 Å². The molecule has 0 unspecified atom stereocenters. The van der Waals surface area contributed by atoms with Crippen LogP contribution in [0.25, 0.3) is 11.4 Å². The minimum atomic E-state index is -0.354. The van der Waals surface area contributed by atoms with Crippen LogP contribution in [0.5, 0.6) is 0 Å². The Kier molecular flexibility index (Phi) is 3.64. The highest BCUT2D eigenvalue weighted by Crippen LogP contribution is 2.32. The van der Waals surface area contributed by atoms with E-state index in [-0.39, 0.29) is 12.1 Å². The number of benzene rings is 1. The molecule has 1 saturated heterocycles. The summed E-state index contributed by atoms with van der Waals surface area (Å²) in [6, 6.07) is 9.90. The van der Waals surface area contributed by atoms with E-state index in [1.54, 1.807) is 12.5 Å². The van der Waals surface area contributed by atoms with Crippen LogP contribution in [0.2, 0.25) is 0 Å². The number of nitrogens with one attached hydrogen (secondary N) is 2. The Bertz CT molecular complexity index is 754. The summed E-state index contributed by atoms with van der Waals surface area (Å²) in [5.41, 5.74) is 2.00. The van der Waals surface area contributed by atoms with Crippen LogP contribution in [0.4, 0.5) is 0 Å². The van der Waals surface area contributed by atoms with Crippen molar-refractivity contribution in [1.29, 1.82) is 0 Å². The molecular weight excluding hydrogens is 292 g/mol. The highest BCUT2D eigenvalue weighted by molar-refractivity contribution is 5.53. The van der Waals surface area contributed by atoms with E-state index in [1.807, 2.05) is 30.3 Å². The summed E-state index contributed by atoms with van der Waals surface area (Å²) in [6.07, 6.45) is 3.77. The number of aliphatic hydroxyl groups is 1. The normalized spacial score (nSPS) is 21.8. The van der Waals surface area contributed by atoms with E-state index < -0.39 is 0 Å². The van der Waals surface area contributed by atoms with Crippen LogP contribution in [0, 0.1) is 0 Å². The first-order valence-corrected chi connectivity index (χ1v) is 7.66. The summed E-state index contributed by atoms with van der Waals surface area (Å²) < 4.78 is 0. The van der Waals surface area contributed by atoms with Crippen molar-refractivity contribution >= 4 is 0 Å². The van der Waals surface area contributed by atoms with Crippen LogP contribution in [-0.4, -0.2) is 47.8 Å². The van der Waals surface area contributed by atoms with E-state index in [0.717, 1.165) is 17.1 Å². The van der Waals surface area contributed by atoms with Gasteiger partial charge in [-0.3, -0.25) is 10.00 Å². The van der Waals surface area contributed by atoms with Crippen molar-refractivity contribution in [3.8, 4) is 11.4 Å². The summed E-state index contributed by atoms with van der Waals surface area (Å²) in [5, 5.41) is 17.4. The van der Waals surface area contributed by atoms with Gasteiger partial charge in [0.1, 0.15) is 5.82 Å². The van der Waals surface area contributed by atoms with Crippen molar-refractivity contribution in [1.82, 2.24) is 30.0 Å². The second kappa shape index (κ2) is 5.94. The number of aliphatic hydroxyl groups excluding tert-OH is 1. The van der Waals surface area contributed by atoms with Crippen molar-refractivity contribution in [3.63, 3.8) is 0 Å². The molecule has 1 aliphatic rings. The van der Waals surface area contributed by atoms with E-state index in [2.05, 4.69) is 30.0 Å². The van der Waals surface area contributed by atoms with Gasteiger partial charge in [-0.25, -0.2) is 9.97 Å². The fourth-order valence-electron chi connectivity index (χ4n) is 3.07. The maximum atomic E-state index is 10.1. The summed E-state index contributed by atoms with van der Waals surface area (Å²) >= 11 is 0. The van der Waals surface area contributed by atoms with E-state index >= 15 is 0 Å². The highest BCUT2D eigenvalue weighted by Gasteiger charge is 2.34. The lowest BCUT2D eigenvalue weighted by Crippen LogP contribution is -2.25. The van der Waals surface area contributed by atoms with Crippen LogP contribution in [0.3, 0.4) is 0 Å². The zero-order valence-electron chi connectivity index (χ0n) is 12.6. The minimum absolute atomic E-state index is 0.0262. The second-order valence-electron chi connectivity index (χ2n) is 5.82. The molecule has 0 amide bonds. The van der Waals surface area contributed by atoms with Gasteiger partial charge < -0.3 is 10.1 Å². The topological polar surface area (TPSA) is 93.7 Å². The first-order valence-electron chi connectivity index (χ1n) is 7.66. The minimum Gasteiger partial charge on any atom is -0.392 e. The van der Waals surface area contributed by atoms with Crippen molar-refractivity contribution in [3.05, 3.63) is 54.4 Å². The molecular formula is C16H18N6O. The predicted molar refractivity (Wildman–Crippen MR) is 84.2 cm³/mol. The molecule has 0 spiro atoms. The van der Waals surface area contributed by atoms with Crippen molar-refractivity contribution < 1.29 is 5.11 Å². The number of likely N-dealkylation sites (tertiary alicyclic amines) is 1. The third-order valence-corrected chi connectivity index (χ3v) is 4.16. The van der Waals surface area contributed by atoms with Gasteiger partial charge in [0.25, 0.3) is 0 Å². The van der Waals surface area contributed by atoms with Crippen LogP contribution in [-0.2, 0) is 6.54 Å². The SMILES string of the molecule is O[C@@H]1C[C@@H](c2nc(-c3ccccc3)n[nH]2)N(Cc2cnc[nH]2)C1. The molecule has 7 heteroatoms. The largest absolute Gasteiger partial charge is 0.392 e. The second-order valence-corrected chi connectivity index (χ2v) is 5.82. The summed E-state index contributed by atoms with van der Waals surface area (Å²) in [7, 11) is 0.